The molecule has 2 saturated heterocycles. The molecular formula is C13H19N5O2. The first-order chi connectivity index (χ1) is 9.70. The molecule has 20 heavy (non-hydrogen) atoms. The quantitative estimate of drug-likeness (QED) is 0.756. The molecular weight excluding hydrogens is 258 g/mol. The lowest BCUT2D eigenvalue weighted by Crippen LogP contribution is -2.48. The van der Waals surface area contributed by atoms with Crippen LogP contribution in [0.4, 0.5) is 0 Å². The van der Waals surface area contributed by atoms with Crippen molar-refractivity contribution < 1.29 is 9.59 Å². The zero-order valence-corrected chi connectivity index (χ0v) is 11.3. The van der Waals surface area contributed by atoms with Crippen LogP contribution < -0.4 is 11.1 Å². The van der Waals surface area contributed by atoms with Crippen molar-refractivity contribution in [1.82, 2.24) is 19.8 Å². The average Bonchev–Trinajstić information content (AvgIpc) is 3.06. The maximum absolute atomic E-state index is 12.5. The van der Waals surface area contributed by atoms with Crippen LogP contribution in [0.5, 0.6) is 0 Å². The van der Waals surface area contributed by atoms with E-state index in [2.05, 4.69) is 10.3 Å². The number of amides is 2. The van der Waals surface area contributed by atoms with Crippen molar-refractivity contribution in [3.05, 3.63) is 18.2 Å². The Kier molecular flexibility index (Phi) is 3.43. The smallest absolute Gasteiger partial charge is 0.274 e. The second kappa shape index (κ2) is 5.24. The van der Waals surface area contributed by atoms with Gasteiger partial charge in [-0.05, 0) is 12.8 Å². The van der Waals surface area contributed by atoms with Crippen LogP contribution in [0.2, 0.25) is 0 Å². The van der Waals surface area contributed by atoms with Gasteiger partial charge < -0.3 is 20.5 Å². The van der Waals surface area contributed by atoms with Crippen molar-refractivity contribution in [2.45, 2.75) is 25.4 Å². The standard InChI is InChI=1S/C13H19N5O2/c14-3-5-17-7-10(16-8-17)13(20)18-4-1-2-9-11(18)6-15-12(9)19/h7-9,11H,1-6,14H2,(H,15,19). The lowest BCUT2D eigenvalue weighted by Gasteiger charge is -2.35. The Hall–Kier alpha value is -1.89. The number of nitrogens with zero attached hydrogens (tertiary/aromatic N) is 3. The Labute approximate surface area is 117 Å². The molecule has 108 valence electrons. The van der Waals surface area contributed by atoms with E-state index in [9.17, 15) is 9.59 Å². The summed E-state index contributed by atoms with van der Waals surface area (Å²) >= 11 is 0. The van der Waals surface area contributed by atoms with E-state index in [0.29, 0.717) is 31.9 Å². The van der Waals surface area contributed by atoms with Crippen LogP contribution in [0.25, 0.3) is 0 Å². The van der Waals surface area contributed by atoms with Crippen molar-refractivity contribution in [2.24, 2.45) is 11.7 Å². The maximum Gasteiger partial charge on any atom is 0.274 e. The highest BCUT2D eigenvalue weighted by atomic mass is 16.2. The fraction of sp³-hybridized carbons (Fsp3) is 0.615. The van der Waals surface area contributed by atoms with Gasteiger partial charge >= 0.3 is 0 Å². The first-order valence-electron chi connectivity index (χ1n) is 7.01. The van der Waals surface area contributed by atoms with Gasteiger partial charge in [-0.25, -0.2) is 4.98 Å². The molecule has 2 amide bonds. The minimum atomic E-state index is -0.0908. The summed E-state index contributed by atoms with van der Waals surface area (Å²) < 4.78 is 1.81. The number of imidazole rings is 1. The first kappa shape index (κ1) is 13.1. The van der Waals surface area contributed by atoms with Gasteiger partial charge in [0.05, 0.1) is 18.3 Å². The molecule has 0 spiro atoms. The molecule has 7 heteroatoms. The predicted octanol–water partition coefficient (Wildman–Crippen LogP) is -0.808. The Morgan fingerprint density at radius 1 is 1.55 bits per heavy atom. The normalized spacial score (nSPS) is 25.4. The van der Waals surface area contributed by atoms with Crippen LogP contribution >= 0.6 is 0 Å². The van der Waals surface area contributed by atoms with Crippen LogP contribution in [0.3, 0.4) is 0 Å². The number of carbonyl (C=O) groups is 2. The summed E-state index contributed by atoms with van der Waals surface area (Å²) in [5.74, 6) is -0.0769. The molecule has 1 aromatic rings. The van der Waals surface area contributed by atoms with Crippen LogP contribution in [0, 0.1) is 5.92 Å². The molecule has 0 saturated carbocycles. The van der Waals surface area contributed by atoms with Crippen LogP contribution in [0.1, 0.15) is 23.3 Å². The van der Waals surface area contributed by atoms with Crippen LogP contribution in [0.15, 0.2) is 12.5 Å². The first-order valence-corrected chi connectivity index (χ1v) is 7.01. The van der Waals surface area contributed by atoms with E-state index in [0.717, 1.165) is 12.8 Å². The van der Waals surface area contributed by atoms with Gasteiger partial charge in [-0.15, -0.1) is 0 Å². The van der Waals surface area contributed by atoms with Gasteiger partial charge in [-0.3, -0.25) is 9.59 Å². The van der Waals surface area contributed by atoms with Gasteiger partial charge in [0.1, 0.15) is 5.69 Å². The molecule has 3 N–H and O–H groups in total. The molecule has 0 radical (unpaired) electrons. The highest BCUT2D eigenvalue weighted by Gasteiger charge is 2.43. The monoisotopic (exact) mass is 277 g/mol. The summed E-state index contributed by atoms with van der Waals surface area (Å²) in [6.45, 7) is 2.40. The molecule has 2 aliphatic rings. The van der Waals surface area contributed by atoms with E-state index in [4.69, 9.17) is 5.73 Å². The lowest BCUT2D eigenvalue weighted by molar-refractivity contribution is -0.123. The van der Waals surface area contributed by atoms with E-state index in [1.165, 1.54) is 0 Å². The highest BCUT2D eigenvalue weighted by molar-refractivity contribution is 5.93. The summed E-state index contributed by atoms with van der Waals surface area (Å²) in [5, 5.41) is 2.85. The number of nitrogens with one attached hydrogen (secondary N) is 1. The summed E-state index contributed by atoms with van der Waals surface area (Å²) in [5.41, 5.74) is 5.91. The number of aromatic nitrogens is 2. The Morgan fingerprint density at radius 3 is 3.20 bits per heavy atom. The summed E-state index contributed by atoms with van der Waals surface area (Å²) in [6, 6.07) is -0.0246. The molecule has 3 rings (SSSR count). The number of nitrogens with two attached hydrogens (primary N) is 1. The third-order valence-electron chi connectivity index (χ3n) is 4.10. The number of hydrogen-bond donors (Lipinski definition) is 2. The van der Waals surface area contributed by atoms with Gasteiger partial charge in [0.2, 0.25) is 5.91 Å². The van der Waals surface area contributed by atoms with Gasteiger partial charge in [-0.1, -0.05) is 0 Å². The highest BCUT2D eigenvalue weighted by Crippen LogP contribution is 2.28. The molecule has 2 atom stereocenters. The fourth-order valence-corrected chi connectivity index (χ4v) is 3.09. The van der Waals surface area contributed by atoms with Crippen molar-refractivity contribution in [1.29, 1.82) is 0 Å². The largest absolute Gasteiger partial charge is 0.354 e. The third-order valence-corrected chi connectivity index (χ3v) is 4.10. The van der Waals surface area contributed by atoms with E-state index < -0.39 is 0 Å². The number of likely N-dealkylation sites (tertiary alicyclic amines) is 1. The topological polar surface area (TPSA) is 93.2 Å². The third kappa shape index (κ3) is 2.18. The van der Waals surface area contributed by atoms with Gasteiger partial charge in [-0.2, -0.15) is 0 Å². The van der Waals surface area contributed by atoms with Crippen LogP contribution in [-0.4, -0.2) is 51.9 Å². The SMILES string of the molecule is NCCn1cnc(C(=O)N2CCCC3C(=O)NCC32)c1. The maximum atomic E-state index is 12.5. The number of carbonyl (C=O) groups excluding carboxylic acids is 2. The average molecular weight is 277 g/mol. The summed E-state index contributed by atoms with van der Waals surface area (Å²) in [4.78, 5) is 30.2. The molecule has 2 aliphatic heterocycles. The predicted molar refractivity (Wildman–Crippen MR) is 71.8 cm³/mol. The van der Waals surface area contributed by atoms with Gasteiger partial charge in [0.15, 0.2) is 0 Å². The summed E-state index contributed by atoms with van der Waals surface area (Å²) in [6.07, 6.45) is 5.08. The lowest BCUT2D eigenvalue weighted by atomic mass is 9.91. The number of fused-ring (bicyclic) bond motifs is 1. The van der Waals surface area contributed by atoms with Gasteiger partial charge in [0.25, 0.3) is 5.91 Å². The Bertz CT molecular complexity index is 527. The minimum Gasteiger partial charge on any atom is -0.354 e. The second-order valence-electron chi connectivity index (χ2n) is 5.35. The molecule has 0 bridgehead atoms. The molecule has 0 aliphatic carbocycles. The fourth-order valence-electron chi connectivity index (χ4n) is 3.09. The van der Waals surface area contributed by atoms with Crippen molar-refractivity contribution >= 4 is 11.8 Å². The zero-order valence-electron chi connectivity index (χ0n) is 11.3. The van der Waals surface area contributed by atoms with E-state index in [1.807, 2.05) is 4.57 Å². The molecule has 3 heterocycles. The Morgan fingerprint density at radius 2 is 2.40 bits per heavy atom. The number of piperidine rings is 1. The Balaban J connectivity index is 1.77. The zero-order chi connectivity index (χ0) is 14.1. The molecule has 7 nitrogen and oxygen atoms in total. The van der Waals surface area contributed by atoms with E-state index >= 15 is 0 Å². The number of rotatable bonds is 3. The van der Waals surface area contributed by atoms with Crippen LogP contribution in [-0.2, 0) is 11.3 Å². The second-order valence-corrected chi connectivity index (χ2v) is 5.35. The molecule has 1 aromatic heterocycles. The van der Waals surface area contributed by atoms with E-state index in [-0.39, 0.29) is 23.8 Å². The summed E-state index contributed by atoms with van der Waals surface area (Å²) in [7, 11) is 0. The molecule has 2 fully saturated rings. The van der Waals surface area contributed by atoms with Gasteiger partial charge in [0, 0.05) is 32.4 Å². The number of hydrogen-bond acceptors (Lipinski definition) is 4. The minimum absolute atomic E-state index is 0.0246. The van der Waals surface area contributed by atoms with Crippen molar-refractivity contribution in [3.8, 4) is 0 Å². The van der Waals surface area contributed by atoms with Crippen molar-refractivity contribution in [3.63, 3.8) is 0 Å². The molecule has 2 unspecified atom stereocenters. The molecule has 0 aromatic carbocycles. The van der Waals surface area contributed by atoms with Crippen molar-refractivity contribution in [2.75, 3.05) is 19.6 Å². The van der Waals surface area contributed by atoms with E-state index in [1.54, 1.807) is 17.4 Å².